The molecule has 1 unspecified atom stereocenters. The highest BCUT2D eigenvalue weighted by Gasteiger charge is 2.49. The van der Waals surface area contributed by atoms with E-state index in [0.717, 1.165) is 68.3 Å². The first kappa shape index (κ1) is 34.1. The van der Waals surface area contributed by atoms with Gasteiger partial charge in [0, 0.05) is 44.5 Å². The van der Waals surface area contributed by atoms with E-state index in [4.69, 9.17) is 10.5 Å². The van der Waals surface area contributed by atoms with Crippen LogP contribution in [-0.2, 0) is 16.8 Å². The third-order valence-electron chi connectivity index (χ3n) is 10.4. The lowest BCUT2D eigenvalue weighted by atomic mass is 9.64. The van der Waals surface area contributed by atoms with Gasteiger partial charge in [0.2, 0.25) is 5.91 Å². The summed E-state index contributed by atoms with van der Waals surface area (Å²) in [5.41, 5.74) is 8.53. The van der Waals surface area contributed by atoms with Crippen molar-refractivity contribution in [2.24, 2.45) is 11.7 Å². The van der Waals surface area contributed by atoms with E-state index in [2.05, 4.69) is 57.8 Å². The third kappa shape index (κ3) is 7.99. The number of methoxy groups -OCH3 is 1. The third-order valence-corrected chi connectivity index (χ3v) is 10.4. The van der Waals surface area contributed by atoms with Crippen molar-refractivity contribution in [2.45, 2.75) is 82.8 Å². The lowest BCUT2D eigenvalue weighted by molar-refractivity contribution is -0.123. The SMILES string of the molecule is COc1cccnc1CN1CCC(N(CCCCCCCN2CC[C@@H](C(C(N)=O)(c3ccccc3)c3ccccc3)C2)C(C)C)C1. The number of hydrogen-bond donors (Lipinski definition) is 1. The van der Waals surface area contributed by atoms with Crippen LogP contribution in [0.1, 0.15) is 75.6 Å². The zero-order chi connectivity index (χ0) is 32.4. The fraction of sp³-hybridized carbons (Fsp3) is 0.538. The molecule has 0 aliphatic carbocycles. The van der Waals surface area contributed by atoms with Crippen LogP contribution in [0.4, 0.5) is 0 Å². The first-order valence-corrected chi connectivity index (χ1v) is 17.5. The van der Waals surface area contributed by atoms with Gasteiger partial charge in [0.25, 0.3) is 0 Å². The number of unbranched alkanes of at least 4 members (excludes halogenated alkanes) is 4. The van der Waals surface area contributed by atoms with Crippen molar-refractivity contribution in [3.05, 3.63) is 95.8 Å². The highest BCUT2D eigenvalue weighted by atomic mass is 16.5. The molecule has 7 heteroatoms. The second-order valence-corrected chi connectivity index (χ2v) is 13.6. The largest absolute Gasteiger partial charge is 0.495 e. The zero-order valence-electron chi connectivity index (χ0n) is 28.3. The Labute approximate surface area is 277 Å². The maximum absolute atomic E-state index is 13.4. The van der Waals surface area contributed by atoms with E-state index in [1.807, 2.05) is 54.7 Å². The number of carbonyl (C=O) groups excluding carboxylic acids is 1. The molecule has 0 saturated carbocycles. The van der Waals surface area contributed by atoms with Crippen molar-refractivity contribution in [2.75, 3.05) is 46.4 Å². The van der Waals surface area contributed by atoms with E-state index in [1.165, 1.54) is 45.1 Å². The van der Waals surface area contributed by atoms with E-state index < -0.39 is 5.41 Å². The Balaban J connectivity index is 1.05. The minimum atomic E-state index is -0.804. The van der Waals surface area contributed by atoms with Crippen LogP contribution >= 0.6 is 0 Å². The lowest BCUT2D eigenvalue weighted by Crippen LogP contribution is -2.49. The molecular weight excluding hydrogens is 570 g/mol. The predicted molar refractivity (Wildman–Crippen MR) is 187 cm³/mol. The number of hydrogen-bond acceptors (Lipinski definition) is 6. The quantitative estimate of drug-likeness (QED) is 0.182. The van der Waals surface area contributed by atoms with Crippen molar-refractivity contribution in [1.82, 2.24) is 19.7 Å². The normalized spacial score (nSPS) is 19.3. The molecule has 0 spiro atoms. The Morgan fingerprint density at radius 2 is 1.54 bits per heavy atom. The number of primary amides is 1. The summed E-state index contributed by atoms with van der Waals surface area (Å²) in [5.74, 6) is 0.801. The number of nitrogens with zero attached hydrogens (tertiary/aromatic N) is 4. The Hall–Kier alpha value is -3.26. The summed E-state index contributed by atoms with van der Waals surface area (Å²) in [6, 6.07) is 25.5. The number of nitrogens with two attached hydrogens (primary N) is 1. The lowest BCUT2D eigenvalue weighted by Gasteiger charge is -2.37. The summed E-state index contributed by atoms with van der Waals surface area (Å²) < 4.78 is 5.53. The maximum atomic E-state index is 13.4. The highest BCUT2D eigenvalue weighted by Crippen LogP contribution is 2.43. The smallest absolute Gasteiger partial charge is 0.232 e. The molecule has 0 radical (unpaired) electrons. The molecule has 2 aromatic carbocycles. The van der Waals surface area contributed by atoms with E-state index in [-0.39, 0.29) is 11.8 Å². The van der Waals surface area contributed by atoms with Gasteiger partial charge in [-0.05, 0) is 88.3 Å². The molecule has 5 rings (SSSR count). The molecule has 2 aliphatic rings. The highest BCUT2D eigenvalue weighted by molar-refractivity contribution is 5.91. The fourth-order valence-electron chi connectivity index (χ4n) is 8.10. The molecule has 0 bridgehead atoms. The van der Waals surface area contributed by atoms with Crippen molar-refractivity contribution < 1.29 is 9.53 Å². The summed E-state index contributed by atoms with van der Waals surface area (Å²) in [7, 11) is 1.73. The van der Waals surface area contributed by atoms with Crippen LogP contribution < -0.4 is 10.5 Å². The van der Waals surface area contributed by atoms with Gasteiger partial charge < -0.3 is 15.4 Å². The summed E-state index contributed by atoms with van der Waals surface area (Å²) in [4.78, 5) is 25.7. The Morgan fingerprint density at radius 3 is 2.20 bits per heavy atom. The van der Waals surface area contributed by atoms with Crippen LogP contribution in [0.5, 0.6) is 5.75 Å². The van der Waals surface area contributed by atoms with Crippen LogP contribution in [0, 0.1) is 5.92 Å². The monoisotopic (exact) mass is 625 g/mol. The fourth-order valence-corrected chi connectivity index (χ4v) is 8.10. The van der Waals surface area contributed by atoms with Gasteiger partial charge in [-0.15, -0.1) is 0 Å². The molecule has 46 heavy (non-hydrogen) atoms. The average Bonchev–Trinajstić information content (AvgIpc) is 3.74. The molecule has 7 nitrogen and oxygen atoms in total. The zero-order valence-corrected chi connectivity index (χ0v) is 28.3. The van der Waals surface area contributed by atoms with Crippen molar-refractivity contribution in [1.29, 1.82) is 0 Å². The minimum Gasteiger partial charge on any atom is -0.495 e. The molecular formula is C39H55N5O2. The first-order valence-electron chi connectivity index (χ1n) is 17.5. The molecule has 3 heterocycles. The van der Waals surface area contributed by atoms with Gasteiger partial charge in [-0.1, -0.05) is 79.9 Å². The summed E-state index contributed by atoms with van der Waals surface area (Å²) in [6.07, 6.45) is 10.3. The molecule has 1 aromatic heterocycles. The second kappa shape index (κ2) is 16.5. The molecule has 2 N–H and O–H groups in total. The molecule has 1 amide bonds. The Bertz CT molecular complexity index is 1310. The number of benzene rings is 2. The molecule has 3 aromatic rings. The van der Waals surface area contributed by atoms with E-state index >= 15 is 0 Å². The number of ether oxygens (including phenoxy) is 1. The van der Waals surface area contributed by atoms with Gasteiger partial charge in [-0.3, -0.25) is 19.6 Å². The number of aromatic nitrogens is 1. The second-order valence-electron chi connectivity index (χ2n) is 13.6. The minimum absolute atomic E-state index is 0.161. The van der Waals surface area contributed by atoms with E-state index in [9.17, 15) is 4.79 Å². The van der Waals surface area contributed by atoms with Crippen LogP contribution in [0.25, 0.3) is 0 Å². The maximum Gasteiger partial charge on any atom is 0.232 e. The van der Waals surface area contributed by atoms with Gasteiger partial charge in [0.05, 0.1) is 12.8 Å². The van der Waals surface area contributed by atoms with Crippen molar-refractivity contribution >= 4 is 5.91 Å². The van der Waals surface area contributed by atoms with E-state index in [0.29, 0.717) is 12.1 Å². The Morgan fingerprint density at radius 1 is 0.891 bits per heavy atom. The van der Waals surface area contributed by atoms with Gasteiger partial charge in [-0.25, -0.2) is 0 Å². The number of likely N-dealkylation sites (tertiary alicyclic amines) is 2. The first-order chi connectivity index (χ1) is 22.4. The number of rotatable bonds is 17. The summed E-state index contributed by atoms with van der Waals surface area (Å²) in [6.45, 7) is 11.9. The van der Waals surface area contributed by atoms with E-state index in [1.54, 1.807) is 7.11 Å². The molecule has 248 valence electrons. The van der Waals surface area contributed by atoms with Crippen LogP contribution in [0.2, 0.25) is 0 Å². The predicted octanol–water partition coefficient (Wildman–Crippen LogP) is 6.12. The van der Waals surface area contributed by atoms with Crippen LogP contribution in [-0.4, -0.2) is 84.1 Å². The summed E-state index contributed by atoms with van der Waals surface area (Å²) >= 11 is 0. The molecule has 2 atom stereocenters. The van der Waals surface area contributed by atoms with Gasteiger partial charge in [0.1, 0.15) is 11.2 Å². The molecule has 2 saturated heterocycles. The summed E-state index contributed by atoms with van der Waals surface area (Å²) in [5, 5.41) is 0. The van der Waals surface area contributed by atoms with Gasteiger partial charge in [-0.2, -0.15) is 0 Å². The standard InChI is InChI=1S/C39H55N5O2/c1-31(2)44(35-22-27-43(29-35)30-36-37(46-3)20-15-23-41-36)25-14-6-4-5-13-24-42-26-21-34(28-42)39(38(40)45,32-16-9-7-10-17-32)33-18-11-8-12-19-33/h7-12,15-20,23,31,34-35H,4-6,13-14,21-22,24-30H2,1-3H3,(H2,40,45)/t34-,35?/m1/s1. The van der Waals surface area contributed by atoms with Crippen LogP contribution in [0.15, 0.2) is 79.0 Å². The van der Waals surface area contributed by atoms with Gasteiger partial charge >= 0.3 is 0 Å². The molecule has 2 fully saturated rings. The van der Waals surface area contributed by atoms with Crippen molar-refractivity contribution in [3.8, 4) is 5.75 Å². The topological polar surface area (TPSA) is 74.9 Å². The molecule has 2 aliphatic heterocycles. The number of pyridine rings is 1. The number of carbonyl (C=O) groups is 1. The Kier molecular flexibility index (Phi) is 12.2. The number of amides is 1. The average molecular weight is 626 g/mol. The van der Waals surface area contributed by atoms with Crippen molar-refractivity contribution in [3.63, 3.8) is 0 Å². The van der Waals surface area contributed by atoms with Crippen LogP contribution in [0.3, 0.4) is 0 Å². The van der Waals surface area contributed by atoms with Gasteiger partial charge in [0.15, 0.2) is 0 Å².